The van der Waals surface area contributed by atoms with Gasteiger partial charge in [0.1, 0.15) is 0 Å². The van der Waals surface area contributed by atoms with E-state index in [1.807, 2.05) is 48.5 Å². The highest BCUT2D eigenvalue weighted by molar-refractivity contribution is 6.30. The van der Waals surface area contributed by atoms with Gasteiger partial charge < -0.3 is 0 Å². The summed E-state index contributed by atoms with van der Waals surface area (Å²) >= 11 is 6.02. The third-order valence-corrected chi connectivity index (χ3v) is 5.68. The third kappa shape index (κ3) is 3.10. The number of hydrogen-bond donors (Lipinski definition) is 0. The molecule has 5 aromatic carbocycles. The molecule has 0 unspecified atom stereocenters. The van der Waals surface area contributed by atoms with Gasteiger partial charge in [0.2, 0.25) is 0 Å². The third-order valence-electron chi connectivity index (χ3n) is 5.43. The first-order chi connectivity index (χ1) is 14.6. The van der Waals surface area contributed by atoms with Crippen LogP contribution in [0.4, 0.5) is 5.69 Å². The van der Waals surface area contributed by atoms with Crippen molar-refractivity contribution in [2.24, 2.45) is 0 Å². The minimum atomic E-state index is -0.341. The van der Waals surface area contributed by atoms with Gasteiger partial charge in [-0.1, -0.05) is 72.3 Å². The van der Waals surface area contributed by atoms with Crippen molar-refractivity contribution in [3.63, 3.8) is 0 Å². The number of benzene rings is 5. The van der Waals surface area contributed by atoms with E-state index in [0.29, 0.717) is 10.6 Å². The molecule has 0 N–H and O–H groups in total. The number of nitro benzene ring substituents is 1. The predicted molar refractivity (Wildman–Crippen MR) is 124 cm³/mol. The smallest absolute Gasteiger partial charge is 0.258 e. The molecule has 0 aliphatic carbocycles. The molecule has 0 heterocycles. The summed E-state index contributed by atoms with van der Waals surface area (Å²) in [6.07, 6.45) is 0. The van der Waals surface area contributed by atoms with Crippen LogP contribution in [0.2, 0.25) is 5.02 Å². The lowest BCUT2D eigenvalue weighted by Gasteiger charge is -2.12. The monoisotopic (exact) mass is 409 g/mol. The Hall–Kier alpha value is -3.69. The van der Waals surface area contributed by atoms with E-state index in [9.17, 15) is 10.1 Å². The van der Waals surface area contributed by atoms with Crippen LogP contribution in [0.15, 0.2) is 97.1 Å². The Morgan fingerprint density at radius 1 is 0.633 bits per heavy atom. The zero-order valence-electron chi connectivity index (χ0n) is 15.9. The topological polar surface area (TPSA) is 43.1 Å². The molecule has 30 heavy (non-hydrogen) atoms. The van der Waals surface area contributed by atoms with Gasteiger partial charge in [0.15, 0.2) is 0 Å². The molecule has 5 rings (SSSR count). The minimum Gasteiger partial charge on any atom is -0.258 e. The molecule has 0 bridgehead atoms. The maximum atomic E-state index is 11.7. The molecule has 0 spiro atoms. The van der Waals surface area contributed by atoms with E-state index in [1.54, 1.807) is 18.2 Å². The van der Waals surface area contributed by atoms with Gasteiger partial charge in [0.25, 0.3) is 5.69 Å². The molecule has 0 saturated carbocycles. The SMILES string of the molecule is O=[N+]([O-])c1ccc(-c2cc3ccccc3c3ccccc23)cc1-c1ccc(Cl)cc1. The van der Waals surface area contributed by atoms with E-state index in [1.165, 1.54) is 5.39 Å². The molecule has 3 nitrogen and oxygen atoms in total. The van der Waals surface area contributed by atoms with Crippen LogP contribution >= 0.6 is 11.6 Å². The predicted octanol–water partition coefficient (Wildman–Crippen LogP) is 7.89. The fourth-order valence-electron chi connectivity index (χ4n) is 4.02. The van der Waals surface area contributed by atoms with Crippen LogP contribution < -0.4 is 0 Å². The second kappa shape index (κ2) is 7.29. The number of fused-ring (bicyclic) bond motifs is 3. The van der Waals surface area contributed by atoms with Crippen LogP contribution in [0.3, 0.4) is 0 Å². The highest BCUT2D eigenvalue weighted by Gasteiger charge is 2.18. The summed E-state index contributed by atoms with van der Waals surface area (Å²) in [5, 5.41) is 16.9. The molecule has 5 aromatic rings. The van der Waals surface area contributed by atoms with Gasteiger partial charge in [-0.2, -0.15) is 0 Å². The van der Waals surface area contributed by atoms with E-state index in [0.717, 1.165) is 32.8 Å². The molecule has 0 aliphatic rings. The molecular formula is C26H16ClNO2. The maximum absolute atomic E-state index is 11.7. The molecule has 144 valence electrons. The summed E-state index contributed by atoms with van der Waals surface area (Å²) in [7, 11) is 0. The van der Waals surface area contributed by atoms with E-state index in [4.69, 9.17) is 11.6 Å². The van der Waals surface area contributed by atoms with Crippen molar-refractivity contribution in [1.29, 1.82) is 0 Å². The standard InChI is InChI=1S/C26H16ClNO2/c27-20-12-9-17(10-13-20)25-16-19(11-14-26(25)28(29)30)24-15-18-5-1-2-6-21(18)22-7-3-4-8-23(22)24/h1-16H. The van der Waals surface area contributed by atoms with E-state index in [-0.39, 0.29) is 10.6 Å². The quantitative estimate of drug-likeness (QED) is 0.173. The van der Waals surface area contributed by atoms with Crippen molar-refractivity contribution >= 4 is 38.8 Å². The first kappa shape index (κ1) is 18.3. The van der Waals surface area contributed by atoms with Crippen molar-refractivity contribution in [2.75, 3.05) is 0 Å². The Labute approximate surface area is 178 Å². The summed E-state index contributed by atoms with van der Waals surface area (Å²) in [6, 6.07) is 31.1. The Morgan fingerprint density at radius 3 is 2.00 bits per heavy atom. The average molecular weight is 410 g/mol. The normalized spacial score (nSPS) is 11.1. The Morgan fingerprint density at radius 2 is 1.27 bits per heavy atom. The summed E-state index contributed by atoms with van der Waals surface area (Å²) in [4.78, 5) is 11.3. The number of rotatable bonds is 3. The van der Waals surface area contributed by atoms with Crippen molar-refractivity contribution in [1.82, 2.24) is 0 Å². The summed E-state index contributed by atoms with van der Waals surface area (Å²) in [6.45, 7) is 0. The van der Waals surface area contributed by atoms with Crippen LogP contribution in [0, 0.1) is 10.1 Å². The van der Waals surface area contributed by atoms with E-state index in [2.05, 4.69) is 30.3 Å². The van der Waals surface area contributed by atoms with E-state index >= 15 is 0 Å². The van der Waals surface area contributed by atoms with Gasteiger partial charge in [0.05, 0.1) is 10.5 Å². The average Bonchev–Trinajstić information content (AvgIpc) is 2.78. The Balaban J connectivity index is 1.80. The fourth-order valence-corrected chi connectivity index (χ4v) is 4.14. The van der Waals surface area contributed by atoms with Gasteiger partial charge in [-0.15, -0.1) is 0 Å². The molecule has 0 fully saturated rings. The van der Waals surface area contributed by atoms with Crippen LogP contribution in [-0.4, -0.2) is 4.92 Å². The van der Waals surface area contributed by atoms with Crippen LogP contribution in [0.1, 0.15) is 0 Å². The first-order valence-corrected chi connectivity index (χ1v) is 9.95. The largest absolute Gasteiger partial charge is 0.277 e. The fraction of sp³-hybridized carbons (Fsp3) is 0. The second-order valence-corrected chi connectivity index (χ2v) is 7.62. The number of hydrogen-bond acceptors (Lipinski definition) is 2. The second-order valence-electron chi connectivity index (χ2n) is 7.19. The van der Waals surface area contributed by atoms with Crippen LogP contribution in [0.25, 0.3) is 43.8 Å². The molecule has 0 radical (unpaired) electrons. The van der Waals surface area contributed by atoms with Crippen LogP contribution in [0.5, 0.6) is 0 Å². The maximum Gasteiger partial charge on any atom is 0.277 e. The molecular weight excluding hydrogens is 394 g/mol. The van der Waals surface area contributed by atoms with Crippen molar-refractivity contribution < 1.29 is 4.92 Å². The molecule has 0 saturated heterocycles. The molecule has 0 atom stereocenters. The van der Waals surface area contributed by atoms with Crippen molar-refractivity contribution in [3.8, 4) is 22.3 Å². The number of nitro groups is 1. The van der Waals surface area contributed by atoms with E-state index < -0.39 is 0 Å². The van der Waals surface area contributed by atoms with Crippen molar-refractivity contribution in [3.05, 3.63) is 112 Å². The van der Waals surface area contributed by atoms with Gasteiger partial charge in [-0.3, -0.25) is 10.1 Å². The molecule has 0 amide bonds. The van der Waals surface area contributed by atoms with Gasteiger partial charge >= 0.3 is 0 Å². The number of nitrogens with zero attached hydrogens (tertiary/aromatic N) is 1. The molecule has 0 aromatic heterocycles. The van der Waals surface area contributed by atoms with Crippen molar-refractivity contribution in [2.45, 2.75) is 0 Å². The Bertz CT molecular complexity index is 1420. The highest BCUT2D eigenvalue weighted by atomic mass is 35.5. The van der Waals surface area contributed by atoms with Gasteiger partial charge in [0, 0.05) is 11.1 Å². The van der Waals surface area contributed by atoms with Crippen LogP contribution in [-0.2, 0) is 0 Å². The first-order valence-electron chi connectivity index (χ1n) is 9.57. The Kier molecular flexibility index (Phi) is 4.46. The summed E-state index contributed by atoms with van der Waals surface area (Å²) < 4.78 is 0. The minimum absolute atomic E-state index is 0.0752. The van der Waals surface area contributed by atoms with Gasteiger partial charge in [-0.25, -0.2) is 0 Å². The molecule has 4 heteroatoms. The summed E-state index contributed by atoms with van der Waals surface area (Å²) in [5.41, 5.74) is 3.40. The zero-order valence-corrected chi connectivity index (χ0v) is 16.6. The lowest BCUT2D eigenvalue weighted by atomic mass is 9.91. The number of halogens is 1. The molecule has 0 aliphatic heterocycles. The summed E-state index contributed by atoms with van der Waals surface area (Å²) in [5.74, 6) is 0. The van der Waals surface area contributed by atoms with Gasteiger partial charge in [-0.05, 0) is 68.6 Å². The zero-order chi connectivity index (χ0) is 20.7. The highest BCUT2D eigenvalue weighted by Crippen LogP contribution is 2.39. The lowest BCUT2D eigenvalue weighted by molar-refractivity contribution is -0.384. The lowest BCUT2D eigenvalue weighted by Crippen LogP contribution is -1.93.